The summed E-state index contributed by atoms with van der Waals surface area (Å²) < 4.78 is 55.7. The third-order valence-corrected chi connectivity index (χ3v) is 7.53. The molecule has 0 spiro atoms. The molecule has 1 aromatic heterocycles. The average molecular weight is 601 g/mol. The average Bonchev–Trinajstić information content (AvgIpc) is 3.23. The van der Waals surface area contributed by atoms with Gasteiger partial charge in [0.05, 0.1) is 18.0 Å². The topological polar surface area (TPSA) is 189 Å². The molecule has 0 saturated carbocycles. The maximum absolute atomic E-state index is 13.0. The van der Waals surface area contributed by atoms with Gasteiger partial charge < -0.3 is 24.5 Å². The van der Waals surface area contributed by atoms with E-state index in [1.165, 1.54) is 19.1 Å². The molecule has 0 aliphatic carbocycles. The molecule has 4 aromatic rings. The van der Waals surface area contributed by atoms with E-state index in [4.69, 9.17) is 4.42 Å². The van der Waals surface area contributed by atoms with Gasteiger partial charge in [-0.05, 0) is 61.4 Å². The number of sulfonamides is 1. The Morgan fingerprint density at radius 1 is 1.02 bits per heavy atom. The molecular weight excluding hydrogens is 574 g/mol. The minimum atomic E-state index is -3.55. The number of fused-ring (bicyclic) bond motifs is 1. The number of anilines is 3. The van der Waals surface area contributed by atoms with Crippen LogP contribution in [0.25, 0.3) is 22.1 Å². The van der Waals surface area contributed by atoms with E-state index in [2.05, 4.69) is 10.0 Å². The minimum Gasteiger partial charge on any atom is -0.755 e. The maximum Gasteiger partial charge on any atom is 0.330 e. The molecule has 0 radical (unpaired) electrons. The second-order valence-electron chi connectivity index (χ2n) is 9.25. The number of aliphatic hydroxyl groups is 1. The van der Waals surface area contributed by atoms with Crippen molar-refractivity contribution < 1.29 is 41.4 Å². The summed E-state index contributed by atoms with van der Waals surface area (Å²) in [5.74, 6) is -1.99. The van der Waals surface area contributed by atoms with Gasteiger partial charge in [-0.15, -0.1) is 0 Å². The number of nitrogens with zero attached hydrogens (tertiary/aromatic N) is 1. The van der Waals surface area contributed by atoms with Gasteiger partial charge in [-0.3, -0.25) is 18.0 Å². The Bertz CT molecular complexity index is 1730. The van der Waals surface area contributed by atoms with E-state index < -0.39 is 45.3 Å². The number of carboxylic acid groups (broad SMARTS) is 1. The zero-order chi connectivity index (χ0) is 30.1. The van der Waals surface area contributed by atoms with Crippen molar-refractivity contribution in [2.45, 2.75) is 26.0 Å². The first-order valence-corrected chi connectivity index (χ1v) is 15.0. The molecule has 41 heavy (non-hydrogen) atoms. The molecule has 12 nitrogen and oxygen atoms in total. The van der Waals surface area contributed by atoms with Gasteiger partial charge in [-0.25, -0.2) is 13.2 Å². The fourth-order valence-electron chi connectivity index (χ4n) is 4.38. The highest BCUT2D eigenvalue weighted by Gasteiger charge is 2.31. The van der Waals surface area contributed by atoms with Crippen molar-refractivity contribution in [2.75, 3.05) is 20.6 Å². The standard InChI is InChI=1S/C27H27N3O9S2/c1-15-23-21(29-41(3,37)38)5-4-6-22(23)39-25(15)26(32)28-19-11-7-17(8-12-19)18-9-13-20(14-10-18)30(40(35)36)24(16(2)31)27(33)34/h4-14,16,24,29,31H,1-3H3,(H,28,32)(H,33,34)(H,35,36)/p-1. The first-order valence-electron chi connectivity index (χ1n) is 12.1. The van der Waals surface area contributed by atoms with Crippen LogP contribution in [-0.4, -0.2) is 57.7 Å². The van der Waals surface area contributed by atoms with Crippen molar-refractivity contribution in [1.82, 2.24) is 0 Å². The SMILES string of the molecule is Cc1c(C(=O)Nc2ccc(-c3ccc(N(C(C(=O)O)C(C)O)S(=O)[O-])cc3)cc2)oc2cccc(NS(C)(=O)=O)c12. The Hall–Kier alpha value is -4.24. The van der Waals surface area contributed by atoms with Crippen LogP contribution in [0.1, 0.15) is 23.0 Å². The molecule has 1 amide bonds. The van der Waals surface area contributed by atoms with Crippen molar-refractivity contribution in [2.24, 2.45) is 0 Å². The molecule has 4 rings (SSSR count). The predicted molar refractivity (Wildman–Crippen MR) is 154 cm³/mol. The van der Waals surface area contributed by atoms with Gasteiger partial charge in [0.15, 0.2) is 11.8 Å². The number of carboxylic acids is 1. The van der Waals surface area contributed by atoms with Crippen molar-refractivity contribution in [3.05, 3.63) is 78.1 Å². The molecule has 3 aromatic carbocycles. The smallest absolute Gasteiger partial charge is 0.330 e. The first kappa shape index (κ1) is 29.7. The van der Waals surface area contributed by atoms with Crippen LogP contribution in [0.4, 0.5) is 17.1 Å². The van der Waals surface area contributed by atoms with Gasteiger partial charge in [-0.2, -0.15) is 0 Å². The van der Waals surface area contributed by atoms with E-state index in [9.17, 15) is 37.0 Å². The Kier molecular flexibility index (Phi) is 8.49. The van der Waals surface area contributed by atoms with E-state index in [1.54, 1.807) is 61.5 Å². The monoisotopic (exact) mass is 600 g/mol. The highest BCUT2D eigenvalue weighted by Crippen LogP contribution is 2.33. The van der Waals surface area contributed by atoms with Crippen LogP contribution in [0.15, 0.2) is 71.1 Å². The largest absolute Gasteiger partial charge is 0.755 e. The third-order valence-electron chi connectivity index (χ3n) is 6.18. The van der Waals surface area contributed by atoms with Crippen molar-refractivity contribution in [1.29, 1.82) is 0 Å². The number of aliphatic hydroxyl groups excluding tert-OH is 1. The molecule has 216 valence electrons. The van der Waals surface area contributed by atoms with Crippen LogP contribution in [0, 0.1) is 6.92 Å². The lowest BCUT2D eigenvalue weighted by Gasteiger charge is -2.33. The molecule has 0 bridgehead atoms. The van der Waals surface area contributed by atoms with Crippen molar-refractivity contribution >= 4 is 61.2 Å². The van der Waals surface area contributed by atoms with Crippen LogP contribution in [0.3, 0.4) is 0 Å². The lowest BCUT2D eigenvalue weighted by atomic mass is 10.0. The Morgan fingerprint density at radius 3 is 2.12 bits per heavy atom. The molecule has 0 saturated heterocycles. The molecule has 14 heteroatoms. The van der Waals surface area contributed by atoms with Crippen LogP contribution < -0.4 is 14.3 Å². The van der Waals surface area contributed by atoms with Crippen LogP contribution in [-0.2, 0) is 26.1 Å². The third kappa shape index (κ3) is 6.57. The minimum absolute atomic E-state index is 0.0274. The van der Waals surface area contributed by atoms with Crippen LogP contribution in [0.2, 0.25) is 0 Å². The van der Waals surface area contributed by atoms with Crippen molar-refractivity contribution in [3.63, 3.8) is 0 Å². The van der Waals surface area contributed by atoms with E-state index in [0.717, 1.165) is 11.8 Å². The van der Waals surface area contributed by atoms with Gasteiger partial charge in [-0.1, -0.05) is 30.3 Å². The highest BCUT2D eigenvalue weighted by atomic mass is 32.2. The number of amides is 1. The first-order chi connectivity index (χ1) is 19.3. The molecule has 3 atom stereocenters. The second kappa shape index (κ2) is 11.7. The molecule has 1 heterocycles. The fraction of sp³-hybridized carbons (Fsp3) is 0.185. The van der Waals surface area contributed by atoms with E-state index in [0.29, 0.717) is 37.8 Å². The summed E-state index contributed by atoms with van der Waals surface area (Å²) in [5, 5.41) is 22.4. The number of rotatable bonds is 10. The molecule has 0 fully saturated rings. The predicted octanol–water partition coefficient (Wildman–Crippen LogP) is 3.47. The highest BCUT2D eigenvalue weighted by molar-refractivity contribution is 7.92. The normalized spacial score (nSPS) is 13.8. The number of aryl methyl sites for hydroxylation is 1. The molecular formula is C27H26N3O9S2-. The zero-order valence-corrected chi connectivity index (χ0v) is 23.7. The Morgan fingerprint density at radius 2 is 1.61 bits per heavy atom. The van der Waals surface area contributed by atoms with E-state index in [-0.39, 0.29) is 11.4 Å². The van der Waals surface area contributed by atoms with E-state index >= 15 is 0 Å². The van der Waals surface area contributed by atoms with Crippen molar-refractivity contribution in [3.8, 4) is 11.1 Å². The molecule has 4 N–H and O–H groups in total. The summed E-state index contributed by atoms with van der Waals surface area (Å²) in [6, 6.07) is 15.9. The number of hydrogen-bond donors (Lipinski definition) is 4. The second-order valence-corrected chi connectivity index (χ2v) is 11.8. The lowest BCUT2D eigenvalue weighted by Crippen LogP contribution is -2.49. The summed E-state index contributed by atoms with van der Waals surface area (Å²) in [6.07, 6.45) is -0.426. The number of carbonyl (C=O) groups is 2. The number of furan rings is 1. The van der Waals surface area contributed by atoms with Crippen LogP contribution >= 0.6 is 0 Å². The Balaban J connectivity index is 1.53. The van der Waals surface area contributed by atoms with Gasteiger partial charge in [0.2, 0.25) is 10.0 Å². The molecule has 0 aliphatic heterocycles. The molecule has 3 unspecified atom stereocenters. The summed E-state index contributed by atoms with van der Waals surface area (Å²) in [7, 11) is -3.55. The quantitative estimate of drug-likeness (QED) is 0.198. The number of aliphatic carboxylic acids is 1. The number of hydrogen-bond acceptors (Lipinski definition) is 8. The zero-order valence-electron chi connectivity index (χ0n) is 22.0. The number of nitrogens with one attached hydrogen (secondary N) is 2. The van der Waals surface area contributed by atoms with Gasteiger partial charge in [0, 0.05) is 33.6 Å². The van der Waals surface area contributed by atoms with Gasteiger partial charge in [0.1, 0.15) is 5.58 Å². The summed E-state index contributed by atoms with van der Waals surface area (Å²) in [5.41, 5.74) is 3.05. The summed E-state index contributed by atoms with van der Waals surface area (Å²) >= 11 is -2.95. The Labute approximate surface area is 238 Å². The summed E-state index contributed by atoms with van der Waals surface area (Å²) in [6.45, 7) is 2.85. The number of carbonyl (C=O) groups excluding carboxylic acids is 1. The van der Waals surface area contributed by atoms with Gasteiger partial charge in [0.25, 0.3) is 5.91 Å². The van der Waals surface area contributed by atoms with Gasteiger partial charge >= 0.3 is 5.97 Å². The fourth-order valence-corrected chi connectivity index (χ4v) is 5.70. The van der Waals surface area contributed by atoms with Crippen LogP contribution in [0.5, 0.6) is 0 Å². The maximum atomic E-state index is 13.0. The number of benzene rings is 3. The molecule has 0 aliphatic rings. The lowest BCUT2D eigenvalue weighted by molar-refractivity contribution is -0.140. The summed E-state index contributed by atoms with van der Waals surface area (Å²) in [4.78, 5) is 24.5. The van der Waals surface area contributed by atoms with E-state index in [1.807, 2.05) is 0 Å².